The highest BCUT2D eigenvalue weighted by Crippen LogP contribution is 2.70. The standard InChI is InChI=1S/C31H41NO5/c1-28-12-8-25-26(31(28,36)15-10-24(28)22-17-27(34)37-19-22)9-14-30(35)18-23(33)7-13-29(25,30)20-32-16-11-21-5-3-2-4-6-21/h2-6,17,20,23-26,33,35-36H,7-16,18-19H2,1H3/t23-,24+,25-,26+,28+,29-,30-,31-/m0/s1. The Morgan fingerprint density at radius 3 is 2.57 bits per heavy atom. The average molecular weight is 508 g/mol. The van der Waals surface area contributed by atoms with Crippen LogP contribution in [0.3, 0.4) is 0 Å². The fourth-order valence-corrected chi connectivity index (χ4v) is 9.43. The van der Waals surface area contributed by atoms with Crippen LogP contribution in [0, 0.1) is 28.6 Å². The van der Waals surface area contributed by atoms with Crippen LogP contribution in [-0.2, 0) is 16.0 Å². The zero-order chi connectivity index (χ0) is 25.9. The Morgan fingerprint density at radius 1 is 1.03 bits per heavy atom. The maximum Gasteiger partial charge on any atom is 0.331 e. The molecule has 8 atom stereocenters. The van der Waals surface area contributed by atoms with Crippen molar-refractivity contribution in [2.24, 2.45) is 33.6 Å². The molecule has 0 spiro atoms. The Morgan fingerprint density at radius 2 is 1.81 bits per heavy atom. The van der Waals surface area contributed by atoms with Gasteiger partial charge in [0, 0.05) is 36.1 Å². The molecule has 37 heavy (non-hydrogen) atoms. The minimum atomic E-state index is -1.00. The van der Waals surface area contributed by atoms with Gasteiger partial charge in [0.1, 0.15) is 6.61 Å². The lowest BCUT2D eigenvalue weighted by molar-refractivity contribution is -0.237. The van der Waals surface area contributed by atoms with Gasteiger partial charge in [0.15, 0.2) is 0 Å². The van der Waals surface area contributed by atoms with Crippen LogP contribution in [0.15, 0.2) is 47.0 Å². The molecule has 1 aromatic carbocycles. The molecule has 6 heteroatoms. The van der Waals surface area contributed by atoms with Crippen LogP contribution in [-0.4, -0.2) is 58.0 Å². The SMILES string of the molecule is C[C@]12CC[C@H]3[C@@H](CC[C@]4(O)C[C@@H](O)CC[C@]34C=NCCc3ccccc3)[C@@]1(O)CC[C@@H]2C1=CC(=O)OC1. The number of aliphatic imine (C=N–C) groups is 1. The second-order valence-electron chi connectivity index (χ2n) is 12.8. The highest BCUT2D eigenvalue weighted by molar-refractivity contribution is 5.85. The Kier molecular flexibility index (Phi) is 6.17. The average Bonchev–Trinajstić information content (AvgIpc) is 3.42. The molecule has 0 amide bonds. The number of hydrogen-bond donors (Lipinski definition) is 3. The number of rotatable bonds is 5. The molecule has 1 aromatic rings. The fraction of sp³-hybridized carbons (Fsp3) is 0.677. The van der Waals surface area contributed by atoms with Crippen molar-refractivity contribution in [1.82, 2.24) is 0 Å². The first-order valence-corrected chi connectivity index (χ1v) is 14.3. The van der Waals surface area contributed by atoms with Crippen molar-refractivity contribution in [3.8, 4) is 0 Å². The maximum atomic E-state index is 12.5. The van der Waals surface area contributed by atoms with Crippen molar-refractivity contribution >= 4 is 12.2 Å². The number of cyclic esters (lactones) is 1. The lowest BCUT2D eigenvalue weighted by Gasteiger charge is -2.65. The topological polar surface area (TPSA) is 99.4 Å². The van der Waals surface area contributed by atoms with Crippen LogP contribution in [0.25, 0.3) is 0 Å². The summed E-state index contributed by atoms with van der Waals surface area (Å²) in [6.07, 6.45) is 10.4. The summed E-state index contributed by atoms with van der Waals surface area (Å²) < 4.78 is 5.25. The minimum Gasteiger partial charge on any atom is -0.458 e. The summed E-state index contributed by atoms with van der Waals surface area (Å²) in [6, 6.07) is 10.3. The summed E-state index contributed by atoms with van der Waals surface area (Å²) in [5.41, 5.74) is -0.424. The van der Waals surface area contributed by atoms with Gasteiger partial charge in [-0.1, -0.05) is 37.3 Å². The van der Waals surface area contributed by atoms with E-state index in [1.807, 2.05) is 18.2 Å². The zero-order valence-corrected chi connectivity index (χ0v) is 21.9. The quantitative estimate of drug-likeness (QED) is 0.413. The van der Waals surface area contributed by atoms with Gasteiger partial charge in [-0.15, -0.1) is 0 Å². The molecule has 0 aromatic heterocycles. The molecule has 0 bridgehead atoms. The van der Waals surface area contributed by atoms with Crippen LogP contribution in [0.4, 0.5) is 0 Å². The molecule has 0 unspecified atom stereocenters. The highest BCUT2D eigenvalue weighted by atomic mass is 16.5. The third-order valence-electron chi connectivity index (χ3n) is 11.3. The van der Waals surface area contributed by atoms with Crippen LogP contribution in [0.5, 0.6) is 0 Å². The largest absolute Gasteiger partial charge is 0.458 e. The number of esters is 1. The number of aliphatic hydroxyl groups is 3. The summed E-state index contributed by atoms with van der Waals surface area (Å²) in [4.78, 5) is 16.8. The molecule has 200 valence electrons. The molecule has 1 heterocycles. The van der Waals surface area contributed by atoms with Gasteiger partial charge in [0.25, 0.3) is 0 Å². The van der Waals surface area contributed by atoms with E-state index in [9.17, 15) is 20.1 Å². The lowest BCUT2D eigenvalue weighted by Crippen LogP contribution is -2.68. The van der Waals surface area contributed by atoms with Gasteiger partial charge in [-0.2, -0.15) is 0 Å². The predicted molar refractivity (Wildman–Crippen MR) is 141 cm³/mol. The van der Waals surface area contributed by atoms with Crippen molar-refractivity contribution in [2.75, 3.05) is 13.2 Å². The third kappa shape index (κ3) is 3.77. The number of benzene rings is 1. The smallest absolute Gasteiger partial charge is 0.331 e. The zero-order valence-electron chi connectivity index (χ0n) is 21.9. The van der Waals surface area contributed by atoms with Crippen molar-refractivity contribution in [1.29, 1.82) is 0 Å². The van der Waals surface area contributed by atoms with Gasteiger partial charge in [-0.25, -0.2) is 4.79 Å². The maximum absolute atomic E-state index is 12.5. The minimum absolute atomic E-state index is 0.0611. The molecule has 4 fully saturated rings. The molecule has 4 aliphatic carbocycles. The van der Waals surface area contributed by atoms with E-state index in [0.29, 0.717) is 45.3 Å². The fourth-order valence-electron chi connectivity index (χ4n) is 9.43. The Balaban J connectivity index is 1.31. The molecule has 6 nitrogen and oxygen atoms in total. The molecule has 0 radical (unpaired) electrons. The number of hydrogen-bond acceptors (Lipinski definition) is 6. The van der Waals surface area contributed by atoms with E-state index in [4.69, 9.17) is 9.73 Å². The van der Waals surface area contributed by atoms with E-state index in [1.165, 1.54) is 5.56 Å². The number of fused-ring (bicyclic) bond motifs is 5. The normalized spacial score (nSPS) is 45.2. The first kappa shape index (κ1) is 25.3. The Labute approximate surface area is 219 Å². The van der Waals surface area contributed by atoms with E-state index in [1.54, 1.807) is 6.08 Å². The molecule has 0 saturated heterocycles. The second kappa shape index (κ2) is 9.03. The number of carbonyl (C=O) groups excluding carboxylic acids is 1. The Bertz CT molecular complexity index is 1100. The van der Waals surface area contributed by atoms with Crippen LogP contribution in [0.2, 0.25) is 0 Å². The van der Waals surface area contributed by atoms with Crippen LogP contribution >= 0.6 is 0 Å². The molecular formula is C31H41NO5. The highest BCUT2D eigenvalue weighted by Gasteiger charge is 2.71. The summed E-state index contributed by atoms with van der Waals surface area (Å²) in [5, 5.41) is 35.2. The van der Waals surface area contributed by atoms with Crippen molar-refractivity contribution in [2.45, 2.75) is 88.4 Å². The van der Waals surface area contributed by atoms with Crippen molar-refractivity contribution in [3.63, 3.8) is 0 Å². The first-order valence-electron chi connectivity index (χ1n) is 14.3. The molecule has 1 aliphatic heterocycles. The molecule has 3 N–H and O–H groups in total. The van der Waals surface area contributed by atoms with E-state index in [-0.39, 0.29) is 29.1 Å². The van der Waals surface area contributed by atoms with Crippen molar-refractivity contribution < 1.29 is 24.9 Å². The van der Waals surface area contributed by atoms with E-state index in [2.05, 4.69) is 25.3 Å². The number of carbonyl (C=O) groups is 1. The van der Waals surface area contributed by atoms with Gasteiger partial charge in [-0.05, 0) is 86.7 Å². The van der Waals surface area contributed by atoms with Gasteiger partial charge in [0.05, 0.1) is 17.3 Å². The van der Waals surface area contributed by atoms with E-state index >= 15 is 0 Å². The predicted octanol–water partition coefficient (Wildman–Crippen LogP) is 4.01. The summed E-state index contributed by atoms with van der Waals surface area (Å²) in [6.45, 7) is 3.23. The van der Waals surface area contributed by atoms with Crippen LogP contribution in [0.1, 0.15) is 70.3 Å². The summed E-state index contributed by atoms with van der Waals surface area (Å²) in [7, 11) is 0. The van der Waals surface area contributed by atoms with E-state index in [0.717, 1.165) is 37.7 Å². The monoisotopic (exact) mass is 507 g/mol. The number of nitrogens with zero attached hydrogens (tertiary/aromatic N) is 1. The second-order valence-corrected chi connectivity index (χ2v) is 12.8. The van der Waals surface area contributed by atoms with Gasteiger partial charge in [0.2, 0.25) is 0 Å². The number of ether oxygens (including phenoxy) is 1. The first-order chi connectivity index (χ1) is 17.7. The lowest BCUT2D eigenvalue weighted by atomic mass is 9.41. The molecule has 5 aliphatic rings. The number of aliphatic hydroxyl groups excluding tert-OH is 1. The van der Waals surface area contributed by atoms with Crippen LogP contribution < -0.4 is 0 Å². The molecular weight excluding hydrogens is 466 g/mol. The van der Waals surface area contributed by atoms with Gasteiger partial charge in [-0.3, -0.25) is 4.99 Å². The van der Waals surface area contributed by atoms with Crippen molar-refractivity contribution in [3.05, 3.63) is 47.5 Å². The summed E-state index contributed by atoms with van der Waals surface area (Å²) in [5.74, 6) is 0.0590. The third-order valence-corrected chi connectivity index (χ3v) is 11.3. The summed E-state index contributed by atoms with van der Waals surface area (Å²) >= 11 is 0. The molecule has 4 saturated carbocycles. The Hall–Kier alpha value is -2.02. The van der Waals surface area contributed by atoms with Gasteiger partial charge >= 0.3 is 5.97 Å². The van der Waals surface area contributed by atoms with Gasteiger partial charge < -0.3 is 20.1 Å². The molecule has 6 rings (SSSR count). The van der Waals surface area contributed by atoms with E-state index < -0.39 is 22.7 Å².